The molecule has 0 aliphatic heterocycles. The van der Waals surface area contributed by atoms with E-state index in [-0.39, 0.29) is 5.78 Å². The van der Waals surface area contributed by atoms with Crippen molar-refractivity contribution in [1.29, 1.82) is 0 Å². The maximum Gasteiger partial charge on any atom is 0.204 e. The molecule has 0 unspecified atom stereocenters. The van der Waals surface area contributed by atoms with E-state index in [2.05, 4.69) is 0 Å². The predicted octanol–water partition coefficient (Wildman–Crippen LogP) is 3.63. The highest BCUT2D eigenvalue weighted by atomic mass is 35.5. The van der Waals surface area contributed by atoms with Gasteiger partial charge in [0.05, 0.1) is 9.90 Å². The average Bonchev–Trinajstić information content (AvgIpc) is 2.65. The van der Waals surface area contributed by atoms with Gasteiger partial charge < -0.3 is 0 Å². The van der Waals surface area contributed by atoms with E-state index >= 15 is 0 Å². The largest absolute Gasteiger partial charge is 0.288 e. The van der Waals surface area contributed by atoms with Crippen LogP contribution >= 0.6 is 22.9 Å². The molecule has 0 aliphatic rings. The zero-order chi connectivity index (χ0) is 9.97. The molecule has 0 saturated carbocycles. The SMILES string of the molecule is O=C(c1ccccc1)c1sccc1Cl. The maximum absolute atomic E-state index is 11.9. The van der Waals surface area contributed by atoms with Gasteiger partial charge in [0.2, 0.25) is 5.78 Å². The third-order valence-electron chi connectivity index (χ3n) is 1.86. The lowest BCUT2D eigenvalue weighted by Gasteiger charge is -1.97. The molecule has 0 N–H and O–H groups in total. The van der Waals surface area contributed by atoms with E-state index in [1.54, 1.807) is 18.2 Å². The van der Waals surface area contributed by atoms with Crippen LogP contribution in [0.15, 0.2) is 41.8 Å². The fraction of sp³-hybridized carbons (Fsp3) is 0. The molecule has 0 amide bonds. The van der Waals surface area contributed by atoms with Crippen molar-refractivity contribution in [1.82, 2.24) is 0 Å². The molecule has 2 rings (SSSR count). The Bertz CT molecular complexity index is 447. The summed E-state index contributed by atoms with van der Waals surface area (Å²) in [5.41, 5.74) is 0.678. The van der Waals surface area contributed by atoms with Crippen molar-refractivity contribution in [2.45, 2.75) is 0 Å². The van der Waals surface area contributed by atoms with Crippen LogP contribution in [-0.4, -0.2) is 5.78 Å². The number of carbonyl (C=O) groups is 1. The Morgan fingerprint density at radius 2 is 1.86 bits per heavy atom. The number of halogens is 1. The molecule has 1 aromatic carbocycles. The Morgan fingerprint density at radius 1 is 1.14 bits per heavy atom. The standard InChI is InChI=1S/C11H7ClOS/c12-9-6-7-14-11(9)10(13)8-4-2-1-3-5-8/h1-7H. The van der Waals surface area contributed by atoms with E-state index in [0.29, 0.717) is 15.5 Å². The highest BCUT2D eigenvalue weighted by Gasteiger charge is 2.13. The Hall–Kier alpha value is -1.12. The summed E-state index contributed by atoms with van der Waals surface area (Å²) in [5, 5.41) is 2.35. The van der Waals surface area contributed by atoms with E-state index in [9.17, 15) is 4.79 Å². The van der Waals surface area contributed by atoms with Gasteiger partial charge in [0, 0.05) is 5.56 Å². The molecule has 1 heterocycles. The molecular weight excluding hydrogens is 216 g/mol. The molecule has 3 heteroatoms. The fourth-order valence-electron chi connectivity index (χ4n) is 1.18. The first-order chi connectivity index (χ1) is 6.79. The predicted molar refractivity (Wildman–Crippen MR) is 59.2 cm³/mol. The van der Waals surface area contributed by atoms with Crippen molar-refractivity contribution >= 4 is 28.7 Å². The quantitative estimate of drug-likeness (QED) is 0.710. The van der Waals surface area contributed by atoms with Gasteiger partial charge in [0.15, 0.2) is 0 Å². The minimum Gasteiger partial charge on any atom is -0.288 e. The van der Waals surface area contributed by atoms with Gasteiger partial charge in [0.25, 0.3) is 0 Å². The zero-order valence-electron chi connectivity index (χ0n) is 7.24. The van der Waals surface area contributed by atoms with E-state index < -0.39 is 0 Å². The summed E-state index contributed by atoms with van der Waals surface area (Å²) >= 11 is 7.25. The van der Waals surface area contributed by atoms with Gasteiger partial charge in [-0.1, -0.05) is 41.9 Å². The molecule has 0 bridgehead atoms. The molecule has 70 valence electrons. The van der Waals surface area contributed by atoms with E-state index in [1.165, 1.54) is 11.3 Å². The first-order valence-corrected chi connectivity index (χ1v) is 5.37. The van der Waals surface area contributed by atoms with Crippen molar-refractivity contribution in [3.8, 4) is 0 Å². The Balaban J connectivity index is 2.39. The monoisotopic (exact) mass is 222 g/mol. The number of hydrogen-bond donors (Lipinski definition) is 0. The summed E-state index contributed by atoms with van der Waals surface area (Å²) in [6.07, 6.45) is 0. The van der Waals surface area contributed by atoms with Crippen LogP contribution in [0, 0.1) is 0 Å². The number of carbonyl (C=O) groups excluding carboxylic acids is 1. The summed E-state index contributed by atoms with van der Waals surface area (Å²) in [4.78, 5) is 12.5. The van der Waals surface area contributed by atoms with Gasteiger partial charge in [-0.25, -0.2) is 0 Å². The third-order valence-corrected chi connectivity index (χ3v) is 3.20. The van der Waals surface area contributed by atoms with Crippen LogP contribution < -0.4 is 0 Å². The van der Waals surface area contributed by atoms with Gasteiger partial charge in [-0.3, -0.25) is 4.79 Å². The van der Waals surface area contributed by atoms with Crippen LogP contribution in [0.5, 0.6) is 0 Å². The smallest absolute Gasteiger partial charge is 0.204 e. The van der Waals surface area contributed by atoms with Crippen LogP contribution in [0.1, 0.15) is 15.2 Å². The second-order valence-corrected chi connectivity index (χ2v) is 4.12. The Morgan fingerprint density at radius 3 is 2.43 bits per heavy atom. The number of benzene rings is 1. The lowest BCUT2D eigenvalue weighted by molar-refractivity contribution is 0.104. The van der Waals surface area contributed by atoms with Gasteiger partial charge in [-0.05, 0) is 11.4 Å². The van der Waals surface area contributed by atoms with Crippen LogP contribution in [-0.2, 0) is 0 Å². The number of ketones is 1. The minimum atomic E-state index is -0.00870. The van der Waals surface area contributed by atoms with Crippen molar-refractivity contribution in [2.24, 2.45) is 0 Å². The first-order valence-electron chi connectivity index (χ1n) is 4.12. The molecule has 0 fully saturated rings. The van der Waals surface area contributed by atoms with Crippen molar-refractivity contribution in [3.05, 3.63) is 57.2 Å². The highest BCUT2D eigenvalue weighted by molar-refractivity contribution is 7.13. The second kappa shape index (κ2) is 3.95. The van der Waals surface area contributed by atoms with E-state index in [0.717, 1.165) is 0 Å². The first kappa shape index (κ1) is 9.44. The number of hydrogen-bond acceptors (Lipinski definition) is 2. The van der Waals surface area contributed by atoms with Gasteiger partial charge in [-0.15, -0.1) is 11.3 Å². The molecule has 0 aliphatic carbocycles. The Kier molecular flexibility index (Phi) is 2.66. The maximum atomic E-state index is 11.9. The molecule has 0 saturated heterocycles. The van der Waals surface area contributed by atoms with Crippen LogP contribution in [0.25, 0.3) is 0 Å². The van der Waals surface area contributed by atoms with Gasteiger partial charge in [0.1, 0.15) is 0 Å². The highest BCUT2D eigenvalue weighted by Crippen LogP contribution is 2.24. The third kappa shape index (κ3) is 1.72. The zero-order valence-corrected chi connectivity index (χ0v) is 8.81. The summed E-state index contributed by atoms with van der Waals surface area (Å²) in [7, 11) is 0. The van der Waals surface area contributed by atoms with Crippen LogP contribution in [0.2, 0.25) is 5.02 Å². The molecule has 2 aromatic rings. The Labute approximate surface area is 91.0 Å². The summed E-state index contributed by atoms with van der Waals surface area (Å²) in [5.74, 6) is -0.00870. The second-order valence-electron chi connectivity index (χ2n) is 2.79. The lowest BCUT2D eigenvalue weighted by atomic mass is 10.1. The lowest BCUT2D eigenvalue weighted by Crippen LogP contribution is -1.98. The summed E-state index contributed by atoms with van der Waals surface area (Å²) in [6.45, 7) is 0. The van der Waals surface area contributed by atoms with Gasteiger partial charge >= 0.3 is 0 Å². The number of rotatable bonds is 2. The van der Waals surface area contributed by atoms with Crippen molar-refractivity contribution in [3.63, 3.8) is 0 Å². The van der Waals surface area contributed by atoms with Crippen molar-refractivity contribution < 1.29 is 4.79 Å². The normalized spacial score (nSPS) is 10.1. The topological polar surface area (TPSA) is 17.1 Å². The molecule has 14 heavy (non-hydrogen) atoms. The van der Waals surface area contributed by atoms with E-state index in [4.69, 9.17) is 11.6 Å². The van der Waals surface area contributed by atoms with Crippen LogP contribution in [0.3, 0.4) is 0 Å². The molecule has 1 nitrogen and oxygen atoms in total. The van der Waals surface area contributed by atoms with Gasteiger partial charge in [-0.2, -0.15) is 0 Å². The molecule has 0 spiro atoms. The summed E-state index contributed by atoms with van der Waals surface area (Å²) in [6, 6.07) is 10.9. The van der Waals surface area contributed by atoms with Crippen LogP contribution in [0.4, 0.5) is 0 Å². The molecular formula is C11H7ClOS. The number of thiophene rings is 1. The minimum absolute atomic E-state index is 0.00870. The van der Waals surface area contributed by atoms with Crippen molar-refractivity contribution in [2.75, 3.05) is 0 Å². The summed E-state index contributed by atoms with van der Waals surface area (Å²) < 4.78 is 0. The van der Waals surface area contributed by atoms with E-state index in [1.807, 2.05) is 23.6 Å². The molecule has 0 atom stereocenters. The molecule has 1 aromatic heterocycles. The molecule has 0 radical (unpaired) electrons. The fourth-order valence-corrected chi connectivity index (χ4v) is 2.28. The average molecular weight is 223 g/mol.